The fourth-order valence-corrected chi connectivity index (χ4v) is 2.94. The number of aromatic nitrogens is 4. The number of halogens is 3. The summed E-state index contributed by atoms with van der Waals surface area (Å²) in [6, 6.07) is 7.73. The molecule has 0 saturated heterocycles. The highest BCUT2D eigenvalue weighted by Gasteiger charge is 2.20. The van der Waals surface area contributed by atoms with E-state index < -0.39 is 0 Å². The molecule has 0 N–H and O–H groups in total. The molecule has 22 heavy (non-hydrogen) atoms. The minimum absolute atomic E-state index is 0.174. The van der Waals surface area contributed by atoms with Crippen LogP contribution in [-0.2, 0) is 0 Å². The predicted octanol–water partition coefficient (Wildman–Crippen LogP) is 4.97. The molecule has 0 aliphatic carbocycles. The molecular weight excluding hydrogens is 431 g/mol. The number of nitrogens with zero attached hydrogens (tertiary/aromatic N) is 4. The normalized spacial score (nSPS) is 11.4. The topological polar surface area (TPSA) is 35.6 Å². The highest BCUT2D eigenvalue weighted by molar-refractivity contribution is 9.10. The maximum atomic E-state index is 6.01. The molecule has 0 radical (unpaired) electrons. The molecule has 1 aromatic carbocycles. The lowest BCUT2D eigenvalue weighted by Crippen LogP contribution is -2.20. The molecule has 0 atom stereocenters. The van der Waals surface area contributed by atoms with Gasteiger partial charge in [-0.25, -0.2) is 9.36 Å². The van der Waals surface area contributed by atoms with Crippen LogP contribution in [0.3, 0.4) is 0 Å². The Morgan fingerprint density at radius 2 is 1.36 bits per heavy atom. The van der Waals surface area contributed by atoms with Gasteiger partial charge in [-0.05, 0) is 63.4 Å². The third-order valence-electron chi connectivity index (χ3n) is 3.38. The molecule has 0 aliphatic rings. The molecule has 2 aromatic heterocycles. The molecule has 3 rings (SSSR count). The van der Waals surface area contributed by atoms with Gasteiger partial charge in [-0.2, -0.15) is 10.2 Å². The summed E-state index contributed by atoms with van der Waals surface area (Å²) in [7, 11) is 0. The van der Waals surface area contributed by atoms with E-state index in [1.54, 1.807) is 0 Å². The van der Waals surface area contributed by atoms with Gasteiger partial charge in [0.2, 0.25) is 0 Å². The summed E-state index contributed by atoms with van der Waals surface area (Å²) in [5, 5.41) is 9.88. The minimum Gasteiger partial charge on any atom is -0.242 e. The zero-order valence-corrected chi connectivity index (χ0v) is 15.9. The Labute approximate surface area is 150 Å². The Bertz CT molecular complexity index is 722. The van der Waals surface area contributed by atoms with Crippen molar-refractivity contribution in [1.82, 2.24) is 19.6 Å². The van der Waals surface area contributed by atoms with Crippen LogP contribution in [0.15, 0.2) is 45.6 Å². The van der Waals surface area contributed by atoms with Crippen LogP contribution in [0.2, 0.25) is 5.02 Å². The van der Waals surface area contributed by atoms with E-state index in [1.165, 1.54) is 0 Å². The standard InChI is InChI=1S/C15H13Br2ClN4/c1-9-13(16)7-21(19-9)15(11-3-5-12(18)6-4-11)22-8-14(17)10(2)20-22/h3-8,15H,1-2H3. The first kappa shape index (κ1) is 15.8. The van der Waals surface area contributed by atoms with Crippen molar-refractivity contribution in [2.45, 2.75) is 20.0 Å². The van der Waals surface area contributed by atoms with Crippen molar-refractivity contribution in [2.24, 2.45) is 0 Å². The smallest absolute Gasteiger partial charge is 0.168 e. The summed E-state index contributed by atoms with van der Waals surface area (Å²) in [4.78, 5) is 0. The highest BCUT2D eigenvalue weighted by atomic mass is 79.9. The van der Waals surface area contributed by atoms with E-state index in [0.29, 0.717) is 5.02 Å². The lowest BCUT2D eigenvalue weighted by atomic mass is 10.2. The Hall–Kier alpha value is -1.11. The van der Waals surface area contributed by atoms with Gasteiger partial charge in [0.05, 0.1) is 20.3 Å². The van der Waals surface area contributed by atoms with Crippen LogP contribution < -0.4 is 0 Å². The molecule has 0 fully saturated rings. The number of hydrogen-bond acceptors (Lipinski definition) is 2. The number of aryl methyl sites for hydroxylation is 2. The lowest BCUT2D eigenvalue weighted by Gasteiger charge is -2.19. The molecule has 0 unspecified atom stereocenters. The van der Waals surface area contributed by atoms with Crippen LogP contribution in [0.25, 0.3) is 0 Å². The van der Waals surface area contributed by atoms with E-state index in [2.05, 4.69) is 42.1 Å². The van der Waals surface area contributed by atoms with Crippen molar-refractivity contribution in [2.75, 3.05) is 0 Å². The molecule has 7 heteroatoms. The second-order valence-corrected chi connectivity index (χ2v) is 7.16. The van der Waals surface area contributed by atoms with E-state index in [1.807, 2.05) is 59.9 Å². The maximum absolute atomic E-state index is 6.01. The molecular formula is C15H13Br2ClN4. The SMILES string of the molecule is Cc1nn(C(c2ccc(Cl)cc2)n2cc(Br)c(C)n2)cc1Br. The van der Waals surface area contributed by atoms with Crippen molar-refractivity contribution in [1.29, 1.82) is 0 Å². The van der Waals surface area contributed by atoms with Crippen LogP contribution in [0.1, 0.15) is 23.1 Å². The largest absolute Gasteiger partial charge is 0.242 e. The van der Waals surface area contributed by atoms with E-state index >= 15 is 0 Å². The van der Waals surface area contributed by atoms with E-state index in [0.717, 1.165) is 25.9 Å². The Balaban J connectivity index is 2.15. The van der Waals surface area contributed by atoms with Crippen LogP contribution in [-0.4, -0.2) is 19.6 Å². The lowest BCUT2D eigenvalue weighted by molar-refractivity contribution is 0.415. The summed E-state index contributed by atoms with van der Waals surface area (Å²) in [6.07, 6.45) is 3.74. The van der Waals surface area contributed by atoms with Crippen molar-refractivity contribution >= 4 is 43.5 Å². The second kappa shape index (κ2) is 6.18. The number of benzene rings is 1. The summed E-state index contributed by atoms with van der Waals surface area (Å²) in [5.41, 5.74) is 2.92. The van der Waals surface area contributed by atoms with E-state index in [-0.39, 0.29) is 6.17 Å². The van der Waals surface area contributed by atoms with Crippen LogP contribution in [0.5, 0.6) is 0 Å². The molecule has 2 heterocycles. The monoisotopic (exact) mass is 442 g/mol. The predicted molar refractivity (Wildman–Crippen MR) is 94.3 cm³/mol. The number of hydrogen-bond donors (Lipinski definition) is 0. The van der Waals surface area contributed by atoms with Crippen molar-refractivity contribution < 1.29 is 0 Å². The first-order valence-corrected chi connectivity index (χ1v) is 8.60. The molecule has 3 aromatic rings. The zero-order valence-electron chi connectivity index (χ0n) is 12.0. The van der Waals surface area contributed by atoms with Gasteiger partial charge >= 0.3 is 0 Å². The van der Waals surface area contributed by atoms with Gasteiger partial charge in [0.1, 0.15) is 0 Å². The van der Waals surface area contributed by atoms with E-state index in [9.17, 15) is 0 Å². The summed E-state index contributed by atoms with van der Waals surface area (Å²) >= 11 is 13.0. The Morgan fingerprint density at radius 1 is 0.909 bits per heavy atom. The van der Waals surface area contributed by atoms with Crippen molar-refractivity contribution in [3.05, 3.63) is 67.6 Å². The fourth-order valence-electron chi connectivity index (χ4n) is 2.23. The third kappa shape index (κ3) is 3.00. The van der Waals surface area contributed by atoms with E-state index in [4.69, 9.17) is 11.6 Å². The molecule has 0 aliphatic heterocycles. The minimum atomic E-state index is -0.174. The third-order valence-corrected chi connectivity index (χ3v) is 5.19. The Kier molecular flexibility index (Phi) is 4.43. The van der Waals surface area contributed by atoms with Gasteiger partial charge in [0.15, 0.2) is 6.17 Å². The maximum Gasteiger partial charge on any atom is 0.168 e. The summed E-state index contributed by atoms with van der Waals surface area (Å²) in [6.45, 7) is 3.92. The average Bonchev–Trinajstić information content (AvgIpc) is 2.96. The molecule has 0 saturated carbocycles. The first-order chi connectivity index (χ1) is 10.5. The van der Waals surface area contributed by atoms with Crippen LogP contribution in [0, 0.1) is 13.8 Å². The van der Waals surface area contributed by atoms with Gasteiger partial charge in [-0.3, -0.25) is 0 Å². The van der Waals surface area contributed by atoms with Gasteiger partial charge in [-0.1, -0.05) is 23.7 Å². The van der Waals surface area contributed by atoms with Gasteiger partial charge in [0, 0.05) is 17.4 Å². The molecule has 0 amide bonds. The van der Waals surface area contributed by atoms with Crippen LogP contribution in [0.4, 0.5) is 0 Å². The highest BCUT2D eigenvalue weighted by Crippen LogP contribution is 2.26. The fraction of sp³-hybridized carbons (Fsp3) is 0.200. The summed E-state index contributed by atoms with van der Waals surface area (Å²) in [5.74, 6) is 0. The summed E-state index contributed by atoms with van der Waals surface area (Å²) < 4.78 is 5.71. The van der Waals surface area contributed by atoms with Gasteiger partial charge in [-0.15, -0.1) is 0 Å². The van der Waals surface area contributed by atoms with Crippen molar-refractivity contribution in [3.8, 4) is 0 Å². The average molecular weight is 445 g/mol. The molecule has 4 nitrogen and oxygen atoms in total. The molecule has 0 bridgehead atoms. The molecule has 0 spiro atoms. The molecule has 114 valence electrons. The zero-order chi connectivity index (χ0) is 15.9. The Morgan fingerprint density at radius 3 is 1.73 bits per heavy atom. The number of rotatable bonds is 3. The van der Waals surface area contributed by atoms with Crippen molar-refractivity contribution in [3.63, 3.8) is 0 Å². The quantitative estimate of drug-likeness (QED) is 0.572. The van der Waals surface area contributed by atoms with Crippen LogP contribution >= 0.6 is 43.5 Å². The van der Waals surface area contributed by atoms with Gasteiger partial charge in [0.25, 0.3) is 0 Å². The van der Waals surface area contributed by atoms with Gasteiger partial charge < -0.3 is 0 Å². The second-order valence-electron chi connectivity index (χ2n) is 5.01. The first-order valence-electron chi connectivity index (χ1n) is 6.63.